The van der Waals surface area contributed by atoms with Crippen LogP contribution in [0.25, 0.3) is 0 Å². The van der Waals surface area contributed by atoms with Crippen molar-refractivity contribution in [1.29, 1.82) is 0 Å². The van der Waals surface area contributed by atoms with Gasteiger partial charge >= 0.3 is 0 Å². The molecule has 4 heteroatoms. The molecular weight excluding hydrogens is 316 g/mol. The number of aryl methyl sites for hydroxylation is 1. The van der Waals surface area contributed by atoms with E-state index in [1.54, 1.807) is 11.3 Å². The molecule has 124 valence electrons. The van der Waals surface area contributed by atoms with Gasteiger partial charge in [0.1, 0.15) is 0 Å². The molecule has 2 bridgehead atoms. The topological polar surface area (TPSA) is 33.2 Å². The number of hydrogen-bond acceptors (Lipinski definition) is 3. The molecule has 0 saturated heterocycles. The number of benzene rings is 1. The Morgan fingerprint density at radius 3 is 2.67 bits per heavy atom. The van der Waals surface area contributed by atoms with Gasteiger partial charge in [-0.15, -0.1) is 11.3 Å². The van der Waals surface area contributed by atoms with Crippen LogP contribution in [0.5, 0.6) is 0 Å². The Hall–Kier alpha value is -1.94. The Labute approximate surface area is 147 Å². The molecule has 2 aromatic rings. The van der Waals surface area contributed by atoms with Crippen molar-refractivity contribution in [1.82, 2.24) is 9.88 Å². The van der Waals surface area contributed by atoms with Gasteiger partial charge in [-0.05, 0) is 37.2 Å². The molecule has 0 spiro atoms. The van der Waals surface area contributed by atoms with E-state index in [0.29, 0.717) is 30.8 Å². The van der Waals surface area contributed by atoms with Gasteiger partial charge in [0, 0.05) is 17.3 Å². The maximum Gasteiger partial charge on any atom is 0.226 e. The first-order valence-corrected chi connectivity index (χ1v) is 9.48. The number of carbonyl (C=O) groups is 1. The van der Waals surface area contributed by atoms with Gasteiger partial charge in [-0.1, -0.05) is 42.5 Å². The standard InChI is InChI=1S/C20H22N2OS/c1-14-19(24-13-21-14)12-22(11-15-5-3-2-4-6-15)20(23)18-10-16-7-8-17(18)9-16/h2-8,13,16-18H,9-12H2,1H3/t16-,17+,18+/m1/s1. The molecule has 1 fully saturated rings. The fourth-order valence-corrected chi connectivity index (χ4v) is 4.76. The lowest BCUT2D eigenvalue weighted by Gasteiger charge is -2.28. The molecule has 2 aliphatic carbocycles. The van der Waals surface area contributed by atoms with Gasteiger partial charge in [0.05, 0.1) is 17.7 Å². The number of carbonyl (C=O) groups excluding carboxylic acids is 1. The van der Waals surface area contributed by atoms with E-state index >= 15 is 0 Å². The number of allylic oxidation sites excluding steroid dienone is 2. The van der Waals surface area contributed by atoms with Crippen LogP contribution in [0.2, 0.25) is 0 Å². The summed E-state index contributed by atoms with van der Waals surface area (Å²) < 4.78 is 0. The summed E-state index contributed by atoms with van der Waals surface area (Å²) in [5.41, 5.74) is 4.10. The first kappa shape index (κ1) is 15.6. The zero-order chi connectivity index (χ0) is 16.5. The molecule has 1 saturated carbocycles. The lowest BCUT2D eigenvalue weighted by atomic mass is 9.92. The average Bonchev–Trinajstić information content (AvgIpc) is 3.32. The molecule has 2 aliphatic rings. The molecule has 24 heavy (non-hydrogen) atoms. The fraction of sp³-hybridized carbons (Fsp3) is 0.400. The third kappa shape index (κ3) is 3.03. The number of aromatic nitrogens is 1. The van der Waals surface area contributed by atoms with Crippen LogP contribution < -0.4 is 0 Å². The highest BCUT2D eigenvalue weighted by Crippen LogP contribution is 2.44. The summed E-state index contributed by atoms with van der Waals surface area (Å²) in [5.74, 6) is 1.54. The molecule has 0 radical (unpaired) electrons. The van der Waals surface area contributed by atoms with Crippen molar-refractivity contribution in [3.63, 3.8) is 0 Å². The molecule has 0 N–H and O–H groups in total. The SMILES string of the molecule is Cc1ncsc1CN(Cc1ccccc1)C(=O)[C@H]1C[C@@H]2C=C[C@H]1C2. The molecule has 1 aromatic carbocycles. The molecule has 4 rings (SSSR count). The Morgan fingerprint density at radius 1 is 1.21 bits per heavy atom. The summed E-state index contributed by atoms with van der Waals surface area (Å²) in [6.07, 6.45) is 6.74. The highest BCUT2D eigenvalue weighted by atomic mass is 32.1. The lowest BCUT2D eigenvalue weighted by Crippen LogP contribution is -2.36. The van der Waals surface area contributed by atoms with Crippen LogP contribution in [-0.4, -0.2) is 15.8 Å². The van der Waals surface area contributed by atoms with Gasteiger partial charge in [0.25, 0.3) is 0 Å². The van der Waals surface area contributed by atoms with Crippen molar-refractivity contribution in [2.45, 2.75) is 32.9 Å². The second kappa shape index (κ2) is 6.52. The normalized spacial score (nSPS) is 24.5. The first-order valence-electron chi connectivity index (χ1n) is 8.60. The second-order valence-electron chi connectivity index (χ2n) is 6.93. The van der Waals surface area contributed by atoms with Gasteiger partial charge in [-0.3, -0.25) is 4.79 Å². The molecule has 3 nitrogen and oxygen atoms in total. The van der Waals surface area contributed by atoms with Gasteiger partial charge < -0.3 is 4.90 Å². The first-order chi connectivity index (χ1) is 11.7. The summed E-state index contributed by atoms with van der Waals surface area (Å²) >= 11 is 1.64. The van der Waals surface area contributed by atoms with Gasteiger partial charge in [0.15, 0.2) is 0 Å². The van der Waals surface area contributed by atoms with Crippen molar-refractivity contribution in [2.75, 3.05) is 0 Å². The van der Waals surface area contributed by atoms with E-state index in [1.165, 1.54) is 10.4 Å². The van der Waals surface area contributed by atoms with Crippen LogP contribution in [0, 0.1) is 24.7 Å². The van der Waals surface area contributed by atoms with E-state index in [1.807, 2.05) is 35.5 Å². The third-order valence-electron chi connectivity index (χ3n) is 5.30. The predicted molar refractivity (Wildman–Crippen MR) is 96.4 cm³/mol. The molecule has 0 unspecified atom stereocenters. The minimum absolute atomic E-state index is 0.164. The van der Waals surface area contributed by atoms with Crippen molar-refractivity contribution >= 4 is 17.2 Å². The van der Waals surface area contributed by atoms with Crippen LogP contribution in [0.3, 0.4) is 0 Å². The largest absolute Gasteiger partial charge is 0.333 e. The van der Waals surface area contributed by atoms with E-state index in [9.17, 15) is 4.79 Å². The van der Waals surface area contributed by atoms with Crippen LogP contribution in [0.4, 0.5) is 0 Å². The Kier molecular flexibility index (Phi) is 4.23. The number of amides is 1. The summed E-state index contributed by atoms with van der Waals surface area (Å²) in [5, 5.41) is 0. The van der Waals surface area contributed by atoms with Crippen molar-refractivity contribution in [2.24, 2.45) is 17.8 Å². The predicted octanol–water partition coefficient (Wildman–Crippen LogP) is 4.19. The van der Waals surface area contributed by atoms with Gasteiger partial charge in [-0.2, -0.15) is 0 Å². The highest BCUT2D eigenvalue weighted by Gasteiger charge is 2.41. The molecule has 3 atom stereocenters. The smallest absolute Gasteiger partial charge is 0.226 e. The number of rotatable bonds is 5. The number of fused-ring (bicyclic) bond motifs is 2. The Balaban J connectivity index is 1.56. The third-order valence-corrected chi connectivity index (χ3v) is 6.22. The van der Waals surface area contributed by atoms with Gasteiger partial charge in [0.2, 0.25) is 5.91 Å². The fourth-order valence-electron chi connectivity index (χ4n) is 3.97. The van der Waals surface area contributed by atoms with Crippen LogP contribution >= 0.6 is 11.3 Å². The molecule has 1 aromatic heterocycles. The van der Waals surface area contributed by atoms with Crippen LogP contribution in [-0.2, 0) is 17.9 Å². The average molecular weight is 338 g/mol. The Morgan fingerprint density at radius 2 is 2.04 bits per heavy atom. The molecular formula is C20H22N2OS. The second-order valence-corrected chi connectivity index (χ2v) is 7.87. The minimum atomic E-state index is 0.164. The van der Waals surface area contributed by atoms with E-state index in [2.05, 4.69) is 29.3 Å². The summed E-state index contributed by atoms with van der Waals surface area (Å²) in [6, 6.07) is 10.3. The summed E-state index contributed by atoms with van der Waals surface area (Å²) in [6.45, 7) is 3.37. The molecule has 1 heterocycles. The molecule has 1 amide bonds. The quantitative estimate of drug-likeness (QED) is 0.766. The zero-order valence-electron chi connectivity index (χ0n) is 13.9. The summed E-state index contributed by atoms with van der Waals surface area (Å²) in [4.78, 5) is 20.8. The van der Waals surface area contributed by atoms with Crippen LogP contribution in [0.1, 0.15) is 29.0 Å². The number of hydrogen-bond donors (Lipinski definition) is 0. The van der Waals surface area contributed by atoms with Crippen molar-refractivity contribution < 1.29 is 4.79 Å². The number of nitrogens with zero attached hydrogens (tertiary/aromatic N) is 2. The van der Waals surface area contributed by atoms with Crippen molar-refractivity contribution in [3.8, 4) is 0 Å². The monoisotopic (exact) mass is 338 g/mol. The lowest BCUT2D eigenvalue weighted by molar-refractivity contribution is -0.137. The zero-order valence-corrected chi connectivity index (χ0v) is 14.7. The maximum absolute atomic E-state index is 13.3. The number of thiazole rings is 1. The molecule has 0 aliphatic heterocycles. The van der Waals surface area contributed by atoms with E-state index in [0.717, 1.165) is 18.5 Å². The maximum atomic E-state index is 13.3. The van der Waals surface area contributed by atoms with Gasteiger partial charge in [-0.25, -0.2) is 4.98 Å². The van der Waals surface area contributed by atoms with E-state index < -0.39 is 0 Å². The Bertz CT molecular complexity index is 752. The van der Waals surface area contributed by atoms with E-state index in [4.69, 9.17) is 0 Å². The van der Waals surface area contributed by atoms with E-state index in [-0.39, 0.29) is 5.92 Å². The minimum Gasteiger partial charge on any atom is -0.333 e. The highest BCUT2D eigenvalue weighted by molar-refractivity contribution is 7.09. The summed E-state index contributed by atoms with van der Waals surface area (Å²) in [7, 11) is 0. The van der Waals surface area contributed by atoms with Crippen molar-refractivity contribution in [3.05, 3.63) is 64.1 Å². The van der Waals surface area contributed by atoms with Crippen LogP contribution in [0.15, 0.2) is 48.0 Å².